The molecular weight excluding hydrogens is 264 g/mol. The van der Waals surface area contributed by atoms with Gasteiger partial charge in [-0.05, 0) is 30.3 Å². The van der Waals surface area contributed by atoms with E-state index in [1.165, 1.54) is 6.07 Å². The van der Waals surface area contributed by atoms with Crippen LogP contribution in [0.15, 0.2) is 34.7 Å². The molecule has 1 heterocycles. The van der Waals surface area contributed by atoms with E-state index < -0.39 is 5.91 Å². The lowest BCUT2D eigenvalue weighted by Gasteiger charge is -2.05. The zero-order valence-electron chi connectivity index (χ0n) is 10.2. The van der Waals surface area contributed by atoms with E-state index >= 15 is 0 Å². The first-order valence-corrected chi connectivity index (χ1v) is 6.11. The molecule has 2 aromatic rings. The molecule has 1 aromatic heterocycles. The van der Waals surface area contributed by atoms with Crippen molar-refractivity contribution in [3.05, 3.63) is 52.4 Å². The monoisotopic (exact) mass is 274 g/mol. The molecule has 2 rings (SSSR count). The molecule has 1 N–H and O–H groups in total. The van der Waals surface area contributed by atoms with Gasteiger partial charge in [-0.15, -0.1) is 0 Å². The number of rotatable bonds is 3. The van der Waals surface area contributed by atoms with E-state index in [9.17, 15) is 4.79 Å². The van der Waals surface area contributed by atoms with Crippen LogP contribution in [-0.4, -0.2) is 5.91 Å². The summed E-state index contributed by atoms with van der Waals surface area (Å²) in [4.78, 5) is 12.0. The van der Waals surface area contributed by atoms with Gasteiger partial charge in [0.15, 0.2) is 5.76 Å². The number of halogens is 1. The number of carbonyl (C=O) groups is 1. The Balaban J connectivity index is 2.23. The molecule has 0 spiro atoms. The largest absolute Gasteiger partial charge is 0.456 e. The number of amides is 1. The van der Waals surface area contributed by atoms with Gasteiger partial charge in [0.25, 0.3) is 5.91 Å². The topological polar surface area (TPSA) is 66.0 Å². The molecule has 1 amide bonds. The number of furan rings is 1. The van der Waals surface area contributed by atoms with E-state index in [0.29, 0.717) is 22.7 Å². The second kappa shape index (κ2) is 5.59. The van der Waals surface area contributed by atoms with Crippen molar-refractivity contribution >= 4 is 23.2 Å². The van der Waals surface area contributed by atoms with Gasteiger partial charge in [0, 0.05) is 11.4 Å². The number of benzene rings is 1. The Morgan fingerprint density at radius 3 is 2.84 bits per heavy atom. The number of hydrogen-bond donors (Lipinski definition) is 1. The molecule has 4 nitrogen and oxygen atoms in total. The minimum atomic E-state index is -0.404. The quantitative estimate of drug-likeness (QED) is 0.929. The molecule has 0 atom stereocenters. The van der Waals surface area contributed by atoms with E-state index in [2.05, 4.69) is 5.32 Å². The van der Waals surface area contributed by atoms with E-state index in [1.54, 1.807) is 24.3 Å². The summed E-state index contributed by atoms with van der Waals surface area (Å²) in [6.07, 6.45) is 0.716. The van der Waals surface area contributed by atoms with Crippen molar-refractivity contribution < 1.29 is 9.21 Å². The van der Waals surface area contributed by atoms with Gasteiger partial charge in [0.1, 0.15) is 11.8 Å². The van der Waals surface area contributed by atoms with Gasteiger partial charge in [0.2, 0.25) is 0 Å². The van der Waals surface area contributed by atoms with Crippen LogP contribution in [0.3, 0.4) is 0 Å². The smallest absolute Gasteiger partial charge is 0.291 e. The molecule has 0 saturated carbocycles. The lowest BCUT2D eigenvalue weighted by Crippen LogP contribution is -2.12. The van der Waals surface area contributed by atoms with Crippen LogP contribution in [0.25, 0.3) is 0 Å². The van der Waals surface area contributed by atoms with Gasteiger partial charge in [-0.25, -0.2) is 0 Å². The highest BCUT2D eigenvalue weighted by Crippen LogP contribution is 2.21. The SMILES string of the molecule is CCc1ccc(C(=O)Nc2cc(Cl)ccc2C#N)o1. The van der Waals surface area contributed by atoms with Crippen LogP contribution in [0.1, 0.15) is 28.8 Å². The standard InChI is InChI=1S/C14H11ClN2O2/c1-2-11-5-6-13(19-11)14(18)17-12-7-10(15)4-3-9(12)8-16/h3-7H,2H2,1H3,(H,17,18). The van der Waals surface area contributed by atoms with Crippen LogP contribution in [0.2, 0.25) is 5.02 Å². The highest BCUT2D eigenvalue weighted by atomic mass is 35.5. The molecule has 0 aliphatic carbocycles. The molecule has 19 heavy (non-hydrogen) atoms. The number of aryl methyl sites for hydroxylation is 1. The third-order valence-electron chi connectivity index (χ3n) is 2.58. The molecule has 0 radical (unpaired) electrons. The molecule has 0 aliphatic heterocycles. The number of hydrogen-bond acceptors (Lipinski definition) is 3. The van der Waals surface area contributed by atoms with Crippen LogP contribution < -0.4 is 5.32 Å². The Bertz CT molecular complexity index is 656. The zero-order chi connectivity index (χ0) is 13.8. The van der Waals surface area contributed by atoms with Gasteiger partial charge in [-0.2, -0.15) is 5.26 Å². The molecule has 0 bridgehead atoms. The second-order valence-corrected chi connectivity index (χ2v) is 4.31. The van der Waals surface area contributed by atoms with Gasteiger partial charge in [-0.1, -0.05) is 18.5 Å². The third kappa shape index (κ3) is 2.95. The highest BCUT2D eigenvalue weighted by molar-refractivity contribution is 6.31. The maximum absolute atomic E-state index is 12.0. The fraction of sp³-hybridized carbons (Fsp3) is 0.143. The fourth-order valence-corrected chi connectivity index (χ4v) is 1.76. The van der Waals surface area contributed by atoms with Crippen LogP contribution >= 0.6 is 11.6 Å². The summed E-state index contributed by atoms with van der Waals surface area (Å²) in [6.45, 7) is 1.94. The number of nitrogens with zero attached hydrogens (tertiary/aromatic N) is 1. The number of nitrogens with one attached hydrogen (secondary N) is 1. The van der Waals surface area contributed by atoms with Crippen LogP contribution in [-0.2, 0) is 6.42 Å². The fourth-order valence-electron chi connectivity index (χ4n) is 1.59. The normalized spacial score (nSPS) is 9.95. The first-order chi connectivity index (χ1) is 9.13. The molecule has 5 heteroatoms. The Hall–Kier alpha value is -2.25. The Morgan fingerprint density at radius 2 is 2.21 bits per heavy atom. The van der Waals surface area contributed by atoms with E-state index in [4.69, 9.17) is 21.3 Å². The van der Waals surface area contributed by atoms with Gasteiger partial charge in [0.05, 0.1) is 11.3 Å². The summed E-state index contributed by atoms with van der Waals surface area (Å²) in [7, 11) is 0. The summed E-state index contributed by atoms with van der Waals surface area (Å²) < 4.78 is 5.34. The van der Waals surface area contributed by atoms with Crippen molar-refractivity contribution in [3.63, 3.8) is 0 Å². The number of nitriles is 1. The average molecular weight is 275 g/mol. The predicted octanol–water partition coefficient (Wildman–Crippen LogP) is 3.62. The van der Waals surface area contributed by atoms with E-state index in [1.807, 2.05) is 13.0 Å². The second-order valence-electron chi connectivity index (χ2n) is 3.88. The van der Waals surface area contributed by atoms with Crippen molar-refractivity contribution in [2.45, 2.75) is 13.3 Å². The number of anilines is 1. The summed E-state index contributed by atoms with van der Waals surface area (Å²) in [5.41, 5.74) is 0.717. The molecule has 1 aromatic carbocycles. The lowest BCUT2D eigenvalue weighted by atomic mass is 10.2. The number of carbonyl (C=O) groups excluding carboxylic acids is 1. The van der Waals surface area contributed by atoms with Crippen molar-refractivity contribution in [1.82, 2.24) is 0 Å². The first-order valence-electron chi connectivity index (χ1n) is 5.73. The van der Waals surface area contributed by atoms with Gasteiger partial charge < -0.3 is 9.73 Å². The van der Waals surface area contributed by atoms with Crippen molar-refractivity contribution in [1.29, 1.82) is 5.26 Å². The Morgan fingerprint density at radius 1 is 1.42 bits per heavy atom. The average Bonchev–Trinajstić information content (AvgIpc) is 2.88. The predicted molar refractivity (Wildman–Crippen MR) is 72.2 cm³/mol. The maximum atomic E-state index is 12.0. The molecule has 96 valence electrons. The summed E-state index contributed by atoms with van der Waals surface area (Å²) in [6, 6.07) is 10.0. The van der Waals surface area contributed by atoms with E-state index in [0.717, 1.165) is 5.76 Å². The first kappa shape index (κ1) is 13.2. The third-order valence-corrected chi connectivity index (χ3v) is 2.82. The minimum absolute atomic E-state index is 0.209. The van der Waals surface area contributed by atoms with Crippen LogP contribution in [0.5, 0.6) is 0 Å². The lowest BCUT2D eigenvalue weighted by molar-refractivity contribution is 0.0995. The van der Waals surface area contributed by atoms with Crippen LogP contribution in [0, 0.1) is 11.3 Å². The van der Waals surface area contributed by atoms with E-state index in [-0.39, 0.29) is 5.76 Å². The molecule has 0 aliphatic rings. The minimum Gasteiger partial charge on any atom is -0.456 e. The highest BCUT2D eigenvalue weighted by Gasteiger charge is 2.13. The van der Waals surface area contributed by atoms with Crippen molar-refractivity contribution in [2.75, 3.05) is 5.32 Å². The Kier molecular flexibility index (Phi) is 3.88. The maximum Gasteiger partial charge on any atom is 0.291 e. The summed E-state index contributed by atoms with van der Waals surface area (Å²) in [5.74, 6) is 0.538. The van der Waals surface area contributed by atoms with Gasteiger partial charge >= 0.3 is 0 Å². The summed E-state index contributed by atoms with van der Waals surface area (Å²) >= 11 is 5.85. The molecule has 0 fully saturated rings. The van der Waals surface area contributed by atoms with Gasteiger partial charge in [-0.3, -0.25) is 4.79 Å². The Labute approximate surface area is 115 Å². The molecular formula is C14H11ClN2O2. The van der Waals surface area contributed by atoms with Crippen molar-refractivity contribution in [3.8, 4) is 6.07 Å². The summed E-state index contributed by atoms with van der Waals surface area (Å²) in [5, 5.41) is 12.0. The van der Waals surface area contributed by atoms with Crippen molar-refractivity contribution in [2.24, 2.45) is 0 Å². The zero-order valence-corrected chi connectivity index (χ0v) is 11.0. The molecule has 0 saturated heterocycles. The van der Waals surface area contributed by atoms with Crippen LogP contribution in [0.4, 0.5) is 5.69 Å². The molecule has 0 unspecified atom stereocenters.